The quantitative estimate of drug-likeness (QED) is 0.636. The lowest BCUT2D eigenvalue weighted by Gasteiger charge is -2.14. The fourth-order valence-corrected chi connectivity index (χ4v) is 3.00. The lowest BCUT2D eigenvalue weighted by atomic mass is 9.96. The molecule has 0 unspecified atom stereocenters. The summed E-state index contributed by atoms with van der Waals surface area (Å²) in [5.41, 5.74) is -0.0787. The first-order valence-electron chi connectivity index (χ1n) is 5.69. The standard InChI is InChI=1S/C12H17NO3S2/c1-12(2,3)7-8-10(16)13(11(17)18-8)6-4-5-9(14)15/h7H,4-6H2,1-3H3,(H,14,15). The first kappa shape index (κ1) is 15.2. The smallest absolute Gasteiger partial charge is 0.303 e. The summed E-state index contributed by atoms with van der Waals surface area (Å²) in [5.74, 6) is -0.962. The predicted octanol–water partition coefficient (Wildman–Crippen LogP) is 2.64. The maximum Gasteiger partial charge on any atom is 0.303 e. The number of hydrogen-bond acceptors (Lipinski definition) is 4. The zero-order valence-electron chi connectivity index (χ0n) is 10.7. The van der Waals surface area contributed by atoms with Crippen molar-refractivity contribution >= 4 is 40.2 Å². The summed E-state index contributed by atoms with van der Waals surface area (Å²) in [6.07, 6.45) is 2.38. The Morgan fingerprint density at radius 2 is 2.11 bits per heavy atom. The van der Waals surface area contributed by atoms with Gasteiger partial charge in [-0.2, -0.15) is 0 Å². The van der Waals surface area contributed by atoms with Gasteiger partial charge in [0.1, 0.15) is 4.32 Å². The molecule has 0 radical (unpaired) electrons. The molecule has 0 aromatic rings. The Bertz CT molecular complexity index is 410. The average molecular weight is 287 g/mol. The van der Waals surface area contributed by atoms with Crippen molar-refractivity contribution in [1.82, 2.24) is 4.90 Å². The predicted molar refractivity (Wildman–Crippen MR) is 76.3 cm³/mol. The van der Waals surface area contributed by atoms with E-state index >= 15 is 0 Å². The largest absolute Gasteiger partial charge is 0.481 e. The summed E-state index contributed by atoms with van der Waals surface area (Å²) in [7, 11) is 0. The summed E-state index contributed by atoms with van der Waals surface area (Å²) in [5, 5.41) is 8.57. The highest BCUT2D eigenvalue weighted by Crippen LogP contribution is 2.34. The van der Waals surface area contributed by atoms with Crippen molar-refractivity contribution in [2.24, 2.45) is 5.41 Å². The van der Waals surface area contributed by atoms with Crippen molar-refractivity contribution in [3.05, 3.63) is 11.0 Å². The van der Waals surface area contributed by atoms with Crippen molar-refractivity contribution in [2.75, 3.05) is 6.54 Å². The molecule has 1 rings (SSSR count). The van der Waals surface area contributed by atoms with Gasteiger partial charge in [0.25, 0.3) is 5.91 Å². The molecule has 1 aliphatic rings. The minimum absolute atomic E-state index is 0.0510. The van der Waals surface area contributed by atoms with E-state index in [1.165, 1.54) is 16.7 Å². The number of hydrogen-bond donors (Lipinski definition) is 1. The first-order chi connectivity index (χ1) is 8.20. The van der Waals surface area contributed by atoms with Crippen molar-refractivity contribution in [3.8, 4) is 0 Å². The Balaban J connectivity index is 2.68. The van der Waals surface area contributed by atoms with Gasteiger partial charge in [-0.15, -0.1) is 0 Å². The number of aliphatic carboxylic acids is 1. The van der Waals surface area contributed by atoms with Gasteiger partial charge in [0.05, 0.1) is 4.91 Å². The fourth-order valence-electron chi connectivity index (χ4n) is 1.47. The van der Waals surface area contributed by atoms with Gasteiger partial charge < -0.3 is 5.11 Å². The average Bonchev–Trinajstić information content (AvgIpc) is 2.42. The number of carboxylic acids is 1. The lowest BCUT2D eigenvalue weighted by Crippen LogP contribution is -2.29. The minimum atomic E-state index is -0.856. The van der Waals surface area contributed by atoms with Crippen LogP contribution in [0.25, 0.3) is 0 Å². The van der Waals surface area contributed by atoms with E-state index in [9.17, 15) is 9.59 Å². The molecule has 0 aromatic carbocycles. The second kappa shape index (κ2) is 5.84. The first-order valence-corrected chi connectivity index (χ1v) is 6.91. The van der Waals surface area contributed by atoms with Crippen LogP contribution in [0.1, 0.15) is 33.6 Å². The zero-order chi connectivity index (χ0) is 13.9. The highest BCUT2D eigenvalue weighted by molar-refractivity contribution is 8.26. The Labute approximate surface area is 116 Å². The fraction of sp³-hybridized carbons (Fsp3) is 0.583. The highest BCUT2D eigenvalue weighted by Gasteiger charge is 2.32. The van der Waals surface area contributed by atoms with Crippen LogP contribution in [-0.2, 0) is 9.59 Å². The molecule has 1 saturated heterocycles. The summed E-state index contributed by atoms with van der Waals surface area (Å²) in [6, 6.07) is 0. The molecule has 100 valence electrons. The molecule has 1 amide bonds. The molecule has 1 heterocycles. The van der Waals surface area contributed by atoms with E-state index in [0.29, 0.717) is 22.2 Å². The van der Waals surface area contributed by atoms with E-state index in [1.807, 2.05) is 26.8 Å². The van der Waals surface area contributed by atoms with Crippen molar-refractivity contribution in [2.45, 2.75) is 33.6 Å². The molecular weight excluding hydrogens is 270 g/mol. The van der Waals surface area contributed by atoms with Crippen LogP contribution in [0.4, 0.5) is 0 Å². The van der Waals surface area contributed by atoms with Gasteiger partial charge in [0, 0.05) is 13.0 Å². The zero-order valence-corrected chi connectivity index (χ0v) is 12.4. The number of carbonyl (C=O) groups excluding carboxylic acids is 1. The lowest BCUT2D eigenvalue weighted by molar-refractivity contribution is -0.137. The number of carbonyl (C=O) groups is 2. The maximum absolute atomic E-state index is 12.1. The van der Waals surface area contributed by atoms with Gasteiger partial charge >= 0.3 is 5.97 Å². The minimum Gasteiger partial charge on any atom is -0.481 e. The van der Waals surface area contributed by atoms with Crippen LogP contribution >= 0.6 is 24.0 Å². The Hall–Kier alpha value is -0.880. The topological polar surface area (TPSA) is 57.6 Å². The number of carboxylic acid groups (broad SMARTS) is 1. The van der Waals surface area contributed by atoms with Crippen LogP contribution in [-0.4, -0.2) is 32.7 Å². The van der Waals surface area contributed by atoms with E-state index in [4.69, 9.17) is 17.3 Å². The van der Waals surface area contributed by atoms with Gasteiger partial charge in [-0.1, -0.05) is 50.8 Å². The molecule has 0 saturated carbocycles. The molecule has 0 atom stereocenters. The van der Waals surface area contributed by atoms with Gasteiger partial charge in [0.2, 0.25) is 0 Å². The highest BCUT2D eigenvalue weighted by atomic mass is 32.2. The van der Waals surface area contributed by atoms with E-state index in [0.717, 1.165) is 0 Å². The van der Waals surface area contributed by atoms with E-state index in [2.05, 4.69) is 0 Å². The summed E-state index contributed by atoms with van der Waals surface area (Å²) in [4.78, 5) is 24.6. The Kier molecular flexibility index (Phi) is 4.92. The molecular formula is C12H17NO3S2. The molecule has 0 aromatic heterocycles. The Morgan fingerprint density at radius 3 is 2.61 bits per heavy atom. The van der Waals surface area contributed by atoms with Gasteiger partial charge in [-0.05, 0) is 11.8 Å². The number of rotatable bonds is 4. The molecule has 1 aliphatic heterocycles. The number of allylic oxidation sites excluding steroid dienone is 1. The molecule has 6 heteroatoms. The third kappa shape index (κ3) is 4.42. The van der Waals surface area contributed by atoms with Crippen LogP contribution in [0.2, 0.25) is 0 Å². The van der Waals surface area contributed by atoms with Crippen LogP contribution in [0.3, 0.4) is 0 Å². The number of thiocarbonyl (C=S) groups is 1. The molecule has 0 aliphatic carbocycles. The Morgan fingerprint density at radius 1 is 1.50 bits per heavy atom. The second-order valence-electron chi connectivity index (χ2n) is 5.20. The third-order valence-electron chi connectivity index (χ3n) is 2.21. The van der Waals surface area contributed by atoms with E-state index in [1.54, 1.807) is 0 Å². The van der Waals surface area contributed by atoms with E-state index < -0.39 is 5.97 Å². The molecule has 1 fully saturated rings. The van der Waals surface area contributed by atoms with Gasteiger partial charge in [0.15, 0.2) is 0 Å². The van der Waals surface area contributed by atoms with Crippen molar-refractivity contribution in [1.29, 1.82) is 0 Å². The van der Waals surface area contributed by atoms with Crippen LogP contribution in [0, 0.1) is 5.41 Å². The monoisotopic (exact) mass is 287 g/mol. The SMILES string of the molecule is CC(C)(C)C=C1SC(=S)N(CCCC(=O)O)C1=O. The number of thioether (sulfide) groups is 1. The number of amides is 1. The maximum atomic E-state index is 12.1. The van der Waals surface area contributed by atoms with Crippen molar-refractivity contribution < 1.29 is 14.7 Å². The molecule has 4 nitrogen and oxygen atoms in total. The normalized spacial score (nSPS) is 18.8. The summed E-state index contributed by atoms with van der Waals surface area (Å²) < 4.78 is 0.515. The molecule has 18 heavy (non-hydrogen) atoms. The molecule has 0 bridgehead atoms. The molecule has 1 N–H and O–H groups in total. The van der Waals surface area contributed by atoms with Gasteiger partial charge in [-0.25, -0.2) is 0 Å². The second-order valence-corrected chi connectivity index (χ2v) is 6.87. The number of nitrogens with zero attached hydrogens (tertiary/aromatic N) is 1. The van der Waals surface area contributed by atoms with Crippen LogP contribution in [0.15, 0.2) is 11.0 Å². The summed E-state index contributed by atoms with van der Waals surface area (Å²) >= 11 is 6.43. The van der Waals surface area contributed by atoms with Crippen molar-refractivity contribution in [3.63, 3.8) is 0 Å². The van der Waals surface area contributed by atoms with E-state index in [-0.39, 0.29) is 17.7 Å². The molecule has 0 spiro atoms. The third-order valence-corrected chi connectivity index (χ3v) is 3.59. The van der Waals surface area contributed by atoms with Crippen LogP contribution < -0.4 is 0 Å². The summed E-state index contributed by atoms with van der Waals surface area (Å²) in [6.45, 7) is 6.43. The van der Waals surface area contributed by atoms with Crippen LogP contribution in [0.5, 0.6) is 0 Å². The van der Waals surface area contributed by atoms with Gasteiger partial charge in [-0.3, -0.25) is 14.5 Å².